The predicted octanol–water partition coefficient (Wildman–Crippen LogP) is 3.77. The average molecular weight is 316 g/mol. The number of amidine groups is 1. The van der Waals surface area contributed by atoms with E-state index in [1.807, 2.05) is 32.0 Å². The Kier molecular flexibility index (Phi) is 5.42. The van der Waals surface area contributed by atoms with Gasteiger partial charge in [0.15, 0.2) is 0 Å². The van der Waals surface area contributed by atoms with Gasteiger partial charge in [0.05, 0.1) is 12.7 Å². The number of aliphatic imine (C=N–C) groups is 1. The highest BCUT2D eigenvalue weighted by atomic mass is 16.5. The van der Waals surface area contributed by atoms with Crippen molar-refractivity contribution in [1.29, 1.82) is 0 Å². The number of aryl methyl sites for hydroxylation is 1. The molecule has 1 aliphatic rings. The van der Waals surface area contributed by atoms with Crippen LogP contribution in [-0.2, 0) is 4.79 Å². The number of carboxylic acid groups (broad SMARTS) is 1. The van der Waals surface area contributed by atoms with E-state index in [0.717, 1.165) is 42.2 Å². The van der Waals surface area contributed by atoms with Crippen molar-refractivity contribution >= 4 is 17.5 Å². The molecule has 2 rings (SSSR count). The summed E-state index contributed by atoms with van der Waals surface area (Å²) < 4.78 is 5.25. The first kappa shape index (κ1) is 17.1. The molecule has 1 aromatic rings. The Balaban J connectivity index is 2.37. The lowest BCUT2D eigenvalue weighted by Crippen LogP contribution is -2.25. The van der Waals surface area contributed by atoms with Gasteiger partial charge in [0.1, 0.15) is 11.6 Å². The molecule has 0 atom stereocenters. The number of carbonyl (C=O) groups is 1. The number of carboxylic acids is 1. The lowest BCUT2D eigenvalue weighted by atomic mass is 10.1. The molecular weight excluding hydrogens is 292 g/mol. The van der Waals surface area contributed by atoms with E-state index < -0.39 is 5.97 Å². The summed E-state index contributed by atoms with van der Waals surface area (Å²) in [4.78, 5) is 18.1. The van der Waals surface area contributed by atoms with E-state index in [2.05, 4.69) is 9.89 Å². The van der Waals surface area contributed by atoms with E-state index >= 15 is 0 Å². The van der Waals surface area contributed by atoms with Gasteiger partial charge in [-0.15, -0.1) is 0 Å². The van der Waals surface area contributed by atoms with Crippen LogP contribution in [0.15, 0.2) is 34.5 Å². The Morgan fingerprint density at radius 1 is 1.43 bits per heavy atom. The highest BCUT2D eigenvalue weighted by Gasteiger charge is 2.22. The number of anilines is 1. The summed E-state index contributed by atoms with van der Waals surface area (Å²) in [6, 6.07) is 5.98. The monoisotopic (exact) mass is 316 g/mol. The third-order valence-electron chi connectivity index (χ3n) is 4.13. The van der Waals surface area contributed by atoms with E-state index in [9.17, 15) is 9.90 Å². The average Bonchev–Trinajstić information content (AvgIpc) is 2.95. The Morgan fingerprint density at radius 2 is 2.17 bits per heavy atom. The van der Waals surface area contributed by atoms with E-state index in [1.54, 1.807) is 14.0 Å². The van der Waals surface area contributed by atoms with E-state index in [4.69, 9.17) is 4.74 Å². The number of hydrogen-bond acceptors (Lipinski definition) is 3. The molecule has 1 heterocycles. The molecule has 0 aliphatic carbocycles. The van der Waals surface area contributed by atoms with Crippen molar-refractivity contribution < 1.29 is 14.6 Å². The van der Waals surface area contributed by atoms with Crippen molar-refractivity contribution in [1.82, 2.24) is 0 Å². The van der Waals surface area contributed by atoms with E-state index in [1.165, 1.54) is 0 Å². The van der Waals surface area contributed by atoms with Gasteiger partial charge in [-0.3, -0.25) is 0 Å². The van der Waals surface area contributed by atoms with Crippen molar-refractivity contribution in [3.63, 3.8) is 0 Å². The Labute approximate surface area is 137 Å². The van der Waals surface area contributed by atoms with Gasteiger partial charge in [-0.2, -0.15) is 0 Å². The fourth-order valence-electron chi connectivity index (χ4n) is 2.92. The Bertz CT molecular complexity index is 662. The van der Waals surface area contributed by atoms with Crippen molar-refractivity contribution in [2.45, 2.75) is 40.0 Å². The number of methoxy groups -OCH3 is 1. The van der Waals surface area contributed by atoms with Gasteiger partial charge in [0.2, 0.25) is 0 Å². The number of hydrogen-bond donors (Lipinski definition) is 1. The molecule has 0 bridgehead atoms. The molecule has 1 saturated heterocycles. The van der Waals surface area contributed by atoms with Crippen LogP contribution in [0, 0.1) is 6.92 Å². The fraction of sp³-hybridized carbons (Fsp3) is 0.444. The molecule has 0 saturated carbocycles. The summed E-state index contributed by atoms with van der Waals surface area (Å²) in [5, 5.41) is 9.25. The number of aliphatic carboxylic acids is 1. The Morgan fingerprint density at radius 3 is 2.74 bits per heavy atom. The van der Waals surface area contributed by atoms with Crippen LogP contribution in [0.5, 0.6) is 5.75 Å². The van der Waals surface area contributed by atoms with Crippen LogP contribution in [0.25, 0.3) is 0 Å². The van der Waals surface area contributed by atoms with Crippen LogP contribution < -0.4 is 9.64 Å². The normalized spacial score (nSPS) is 17.4. The quantitative estimate of drug-likeness (QED) is 0.840. The predicted molar refractivity (Wildman–Crippen MR) is 92.4 cm³/mol. The zero-order chi connectivity index (χ0) is 17.0. The fourth-order valence-corrected chi connectivity index (χ4v) is 2.92. The van der Waals surface area contributed by atoms with Crippen molar-refractivity contribution in [3.05, 3.63) is 35.0 Å². The maximum atomic E-state index is 11.3. The number of nitrogens with zero attached hydrogens (tertiary/aromatic N) is 2. The summed E-state index contributed by atoms with van der Waals surface area (Å²) >= 11 is 0. The molecule has 124 valence electrons. The zero-order valence-electron chi connectivity index (χ0n) is 14.2. The number of benzene rings is 1. The molecule has 0 unspecified atom stereocenters. The highest BCUT2D eigenvalue weighted by Crippen LogP contribution is 2.29. The standard InChI is InChI=1S/C18H24N2O3/c1-5-15(18(21)22)13(3)19-17-7-6-10-20(17)16-9-8-14(23-4)11-12(16)2/h8-9,11H,5-7,10H2,1-4H3,(H,21,22). The molecule has 1 N–H and O–H groups in total. The van der Waals surface area contributed by atoms with Gasteiger partial charge in [-0.25, -0.2) is 9.79 Å². The smallest absolute Gasteiger partial charge is 0.333 e. The van der Waals surface area contributed by atoms with Crippen molar-refractivity contribution in [2.75, 3.05) is 18.6 Å². The molecule has 23 heavy (non-hydrogen) atoms. The van der Waals surface area contributed by atoms with Gasteiger partial charge in [0, 0.05) is 24.4 Å². The minimum absolute atomic E-state index is 0.371. The molecule has 1 aromatic carbocycles. The summed E-state index contributed by atoms with van der Waals surface area (Å²) in [5.74, 6) is 0.877. The lowest BCUT2D eigenvalue weighted by Gasteiger charge is -2.22. The molecule has 0 amide bonds. The molecule has 0 aromatic heterocycles. The van der Waals surface area contributed by atoms with Crippen LogP contribution in [0.3, 0.4) is 0 Å². The number of rotatable bonds is 5. The number of ether oxygens (including phenoxy) is 1. The molecule has 5 heteroatoms. The van der Waals surface area contributed by atoms with Gasteiger partial charge in [0.25, 0.3) is 0 Å². The second-order valence-electron chi connectivity index (χ2n) is 5.66. The zero-order valence-corrected chi connectivity index (χ0v) is 14.2. The second kappa shape index (κ2) is 7.31. The first-order valence-corrected chi connectivity index (χ1v) is 7.90. The molecule has 5 nitrogen and oxygen atoms in total. The van der Waals surface area contributed by atoms with Crippen LogP contribution >= 0.6 is 0 Å². The summed E-state index contributed by atoms with van der Waals surface area (Å²) in [7, 11) is 1.66. The summed E-state index contributed by atoms with van der Waals surface area (Å²) in [5.41, 5.74) is 3.18. The maximum absolute atomic E-state index is 11.3. The van der Waals surface area contributed by atoms with Crippen LogP contribution in [-0.4, -0.2) is 30.6 Å². The first-order valence-electron chi connectivity index (χ1n) is 7.90. The largest absolute Gasteiger partial charge is 0.497 e. The highest BCUT2D eigenvalue weighted by molar-refractivity contribution is 6.01. The SMILES string of the molecule is CCC(C(=O)O)=C(C)N=C1CCCN1c1ccc(OC)cc1C. The summed E-state index contributed by atoms with van der Waals surface area (Å²) in [6.45, 7) is 6.56. The van der Waals surface area contributed by atoms with Gasteiger partial charge < -0.3 is 14.7 Å². The van der Waals surface area contributed by atoms with Crippen LogP contribution in [0.1, 0.15) is 38.7 Å². The van der Waals surface area contributed by atoms with E-state index in [0.29, 0.717) is 17.7 Å². The molecule has 0 spiro atoms. The minimum atomic E-state index is -0.889. The van der Waals surface area contributed by atoms with Gasteiger partial charge in [-0.05, 0) is 50.5 Å². The molecule has 1 aliphatic heterocycles. The topological polar surface area (TPSA) is 62.1 Å². The molecule has 1 fully saturated rings. The Hall–Kier alpha value is -2.30. The van der Waals surface area contributed by atoms with Gasteiger partial charge in [-0.1, -0.05) is 6.92 Å². The maximum Gasteiger partial charge on any atom is 0.333 e. The third kappa shape index (κ3) is 3.73. The number of allylic oxidation sites excluding steroid dienone is 1. The first-order chi connectivity index (χ1) is 11.0. The molecule has 0 radical (unpaired) electrons. The van der Waals surface area contributed by atoms with Crippen LogP contribution in [0.2, 0.25) is 0 Å². The third-order valence-corrected chi connectivity index (χ3v) is 4.13. The van der Waals surface area contributed by atoms with Crippen LogP contribution in [0.4, 0.5) is 5.69 Å². The van der Waals surface area contributed by atoms with E-state index in [-0.39, 0.29) is 0 Å². The van der Waals surface area contributed by atoms with Crippen molar-refractivity contribution in [3.8, 4) is 5.75 Å². The summed E-state index contributed by atoms with van der Waals surface area (Å²) in [6.07, 6.45) is 2.35. The lowest BCUT2D eigenvalue weighted by molar-refractivity contribution is -0.132. The van der Waals surface area contributed by atoms with Gasteiger partial charge >= 0.3 is 5.97 Å². The molecular formula is C18H24N2O3. The second-order valence-corrected chi connectivity index (χ2v) is 5.66. The van der Waals surface area contributed by atoms with Crippen molar-refractivity contribution in [2.24, 2.45) is 4.99 Å². The minimum Gasteiger partial charge on any atom is -0.497 e.